The molecule has 1 aromatic rings. The quantitative estimate of drug-likeness (QED) is 0.625. The zero-order chi connectivity index (χ0) is 13.2. The lowest BCUT2D eigenvalue weighted by Gasteiger charge is -2.21. The first kappa shape index (κ1) is 14.8. The standard InChI is InChI=1S/C14H21NO3/c1-17-8-6-15(7-9-18-2)11-13-4-3-5-14(10-13)12-16/h3-5,10,12H,6-9,11H2,1-2H3. The van der Waals surface area contributed by atoms with Crippen molar-refractivity contribution in [2.75, 3.05) is 40.5 Å². The molecule has 0 unspecified atom stereocenters. The molecule has 4 heteroatoms. The van der Waals surface area contributed by atoms with Crippen molar-refractivity contribution in [1.29, 1.82) is 0 Å². The zero-order valence-corrected chi connectivity index (χ0v) is 11.1. The van der Waals surface area contributed by atoms with Crippen LogP contribution < -0.4 is 0 Å². The third kappa shape index (κ3) is 5.40. The lowest BCUT2D eigenvalue weighted by molar-refractivity contribution is 0.110. The van der Waals surface area contributed by atoms with E-state index in [0.29, 0.717) is 18.8 Å². The van der Waals surface area contributed by atoms with E-state index in [1.54, 1.807) is 14.2 Å². The van der Waals surface area contributed by atoms with Gasteiger partial charge in [-0.05, 0) is 11.6 Å². The molecule has 1 rings (SSSR count). The number of carbonyl (C=O) groups is 1. The number of hydrogen-bond acceptors (Lipinski definition) is 4. The van der Waals surface area contributed by atoms with E-state index in [0.717, 1.165) is 31.5 Å². The molecule has 0 saturated heterocycles. The van der Waals surface area contributed by atoms with Crippen molar-refractivity contribution in [2.45, 2.75) is 6.54 Å². The first-order chi connectivity index (χ1) is 8.80. The highest BCUT2D eigenvalue weighted by atomic mass is 16.5. The van der Waals surface area contributed by atoms with Crippen molar-refractivity contribution >= 4 is 6.29 Å². The SMILES string of the molecule is COCCN(CCOC)Cc1cccc(C=O)c1. The number of hydrogen-bond donors (Lipinski definition) is 0. The molecule has 0 aliphatic heterocycles. The second-order valence-electron chi connectivity index (χ2n) is 4.12. The van der Waals surface area contributed by atoms with E-state index in [4.69, 9.17) is 9.47 Å². The van der Waals surface area contributed by atoms with Gasteiger partial charge in [0.05, 0.1) is 13.2 Å². The van der Waals surface area contributed by atoms with Crippen molar-refractivity contribution in [2.24, 2.45) is 0 Å². The van der Waals surface area contributed by atoms with Gasteiger partial charge in [0, 0.05) is 39.4 Å². The number of carbonyl (C=O) groups excluding carboxylic acids is 1. The van der Waals surface area contributed by atoms with E-state index in [-0.39, 0.29) is 0 Å². The molecule has 0 spiro atoms. The third-order valence-electron chi connectivity index (χ3n) is 2.72. The fraction of sp³-hybridized carbons (Fsp3) is 0.500. The van der Waals surface area contributed by atoms with Crippen LogP contribution >= 0.6 is 0 Å². The molecule has 18 heavy (non-hydrogen) atoms. The highest BCUT2D eigenvalue weighted by Gasteiger charge is 2.06. The number of ether oxygens (including phenoxy) is 2. The molecule has 0 radical (unpaired) electrons. The summed E-state index contributed by atoms with van der Waals surface area (Å²) < 4.78 is 10.2. The van der Waals surface area contributed by atoms with Crippen LogP contribution in [0.5, 0.6) is 0 Å². The number of rotatable bonds is 9. The molecule has 0 bridgehead atoms. The van der Waals surface area contributed by atoms with Gasteiger partial charge in [0.25, 0.3) is 0 Å². The Morgan fingerprint density at radius 2 is 1.83 bits per heavy atom. The second kappa shape index (κ2) is 8.80. The highest BCUT2D eigenvalue weighted by Crippen LogP contribution is 2.07. The van der Waals surface area contributed by atoms with Crippen LogP contribution in [0.25, 0.3) is 0 Å². The summed E-state index contributed by atoms with van der Waals surface area (Å²) in [7, 11) is 3.39. The van der Waals surface area contributed by atoms with Gasteiger partial charge >= 0.3 is 0 Å². The molecule has 4 nitrogen and oxygen atoms in total. The highest BCUT2D eigenvalue weighted by molar-refractivity contribution is 5.74. The summed E-state index contributed by atoms with van der Waals surface area (Å²) in [6.45, 7) is 3.89. The average molecular weight is 251 g/mol. The summed E-state index contributed by atoms with van der Waals surface area (Å²) in [6.07, 6.45) is 0.873. The molecule has 0 N–H and O–H groups in total. The van der Waals surface area contributed by atoms with Crippen molar-refractivity contribution in [3.05, 3.63) is 35.4 Å². The first-order valence-corrected chi connectivity index (χ1v) is 6.04. The number of aldehydes is 1. The molecule has 0 aliphatic rings. The van der Waals surface area contributed by atoms with Gasteiger partial charge < -0.3 is 9.47 Å². The van der Waals surface area contributed by atoms with Crippen molar-refractivity contribution in [3.8, 4) is 0 Å². The largest absolute Gasteiger partial charge is 0.383 e. The third-order valence-corrected chi connectivity index (χ3v) is 2.72. The predicted molar refractivity (Wildman–Crippen MR) is 70.9 cm³/mol. The van der Waals surface area contributed by atoms with Crippen LogP contribution in [0.1, 0.15) is 15.9 Å². The van der Waals surface area contributed by atoms with E-state index < -0.39 is 0 Å². The van der Waals surface area contributed by atoms with Gasteiger partial charge in [-0.1, -0.05) is 18.2 Å². The molecule has 100 valence electrons. The Balaban J connectivity index is 2.59. The fourth-order valence-corrected chi connectivity index (χ4v) is 1.73. The summed E-state index contributed by atoms with van der Waals surface area (Å²) in [4.78, 5) is 13.0. The Labute approximate surface area is 108 Å². The van der Waals surface area contributed by atoms with Gasteiger partial charge in [0.1, 0.15) is 6.29 Å². The molecule has 0 amide bonds. The summed E-state index contributed by atoms with van der Waals surface area (Å²) in [5, 5.41) is 0. The van der Waals surface area contributed by atoms with Crippen LogP contribution in [-0.2, 0) is 16.0 Å². The topological polar surface area (TPSA) is 38.8 Å². The molecule has 0 saturated carbocycles. The van der Waals surface area contributed by atoms with Gasteiger partial charge in [-0.15, -0.1) is 0 Å². The van der Waals surface area contributed by atoms with E-state index >= 15 is 0 Å². The van der Waals surface area contributed by atoms with Gasteiger partial charge in [-0.3, -0.25) is 9.69 Å². The Kier molecular flexibility index (Phi) is 7.25. The van der Waals surface area contributed by atoms with Crippen LogP contribution in [0.4, 0.5) is 0 Å². The molecule has 0 aromatic heterocycles. The Morgan fingerprint density at radius 1 is 1.17 bits per heavy atom. The smallest absolute Gasteiger partial charge is 0.150 e. The lowest BCUT2D eigenvalue weighted by atomic mass is 10.1. The molecule has 0 aliphatic carbocycles. The monoisotopic (exact) mass is 251 g/mol. The van der Waals surface area contributed by atoms with E-state index in [2.05, 4.69) is 4.90 Å². The Bertz CT molecular complexity index is 347. The van der Waals surface area contributed by atoms with Crippen molar-refractivity contribution < 1.29 is 14.3 Å². The molecular formula is C14H21NO3. The molecule has 0 heterocycles. The van der Waals surface area contributed by atoms with Crippen molar-refractivity contribution in [3.63, 3.8) is 0 Å². The number of methoxy groups -OCH3 is 2. The molecule has 0 fully saturated rings. The van der Waals surface area contributed by atoms with Gasteiger partial charge in [-0.2, -0.15) is 0 Å². The summed E-state index contributed by atoms with van der Waals surface area (Å²) in [6, 6.07) is 7.66. The minimum Gasteiger partial charge on any atom is -0.383 e. The van der Waals surface area contributed by atoms with Gasteiger partial charge in [0.15, 0.2) is 0 Å². The molecule has 0 atom stereocenters. The first-order valence-electron chi connectivity index (χ1n) is 6.04. The van der Waals surface area contributed by atoms with Crippen LogP contribution in [0.3, 0.4) is 0 Å². The molecular weight excluding hydrogens is 230 g/mol. The number of benzene rings is 1. The summed E-state index contributed by atoms with van der Waals surface area (Å²) >= 11 is 0. The van der Waals surface area contributed by atoms with Crippen LogP contribution in [-0.4, -0.2) is 51.7 Å². The predicted octanol–water partition coefficient (Wildman–Crippen LogP) is 1.59. The summed E-state index contributed by atoms with van der Waals surface area (Å²) in [5.74, 6) is 0. The lowest BCUT2D eigenvalue weighted by Crippen LogP contribution is -2.30. The second-order valence-corrected chi connectivity index (χ2v) is 4.12. The van der Waals surface area contributed by atoms with Crippen LogP contribution in [0, 0.1) is 0 Å². The minimum absolute atomic E-state index is 0.692. The van der Waals surface area contributed by atoms with E-state index in [1.807, 2.05) is 24.3 Å². The van der Waals surface area contributed by atoms with Crippen molar-refractivity contribution in [1.82, 2.24) is 4.90 Å². The Hall–Kier alpha value is -1.23. The molecule has 1 aromatic carbocycles. The maximum absolute atomic E-state index is 10.7. The van der Waals surface area contributed by atoms with Crippen LogP contribution in [0.2, 0.25) is 0 Å². The van der Waals surface area contributed by atoms with Gasteiger partial charge in [0.2, 0.25) is 0 Å². The average Bonchev–Trinajstić information content (AvgIpc) is 2.42. The maximum Gasteiger partial charge on any atom is 0.150 e. The Morgan fingerprint density at radius 3 is 2.39 bits per heavy atom. The van der Waals surface area contributed by atoms with E-state index in [1.165, 1.54) is 0 Å². The number of nitrogens with zero attached hydrogens (tertiary/aromatic N) is 1. The van der Waals surface area contributed by atoms with E-state index in [9.17, 15) is 4.79 Å². The fourth-order valence-electron chi connectivity index (χ4n) is 1.73. The normalized spacial score (nSPS) is 10.8. The zero-order valence-electron chi connectivity index (χ0n) is 11.1. The van der Waals surface area contributed by atoms with Gasteiger partial charge in [-0.25, -0.2) is 0 Å². The minimum atomic E-state index is 0.692. The summed E-state index contributed by atoms with van der Waals surface area (Å²) in [5.41, 5.74) is 1.85. The van der Waals surface area contributed by atoms with Crippen LogP contribution in [0.15, 0.2) is 24.3 Å². The maximum atomic E-state index is 10.7.